The molecule has 0 saturated carbocycles. The van der Waals surface area contributed by atoms with Crippen molar-refractivity contribution in [3.05, 3.63) is 138 Å². The summed E-state index contributed by atoms with van der Waals surface area (Å²) in [6, 6.07) is 30.4. The van der Waals surface area contributed by atoms with Crippen LogP contribution in [0.3, 0.4) is 0 Å². The molecule has 0 unspecified atom stereocenters. The summed E-state index contributed by atoms with van der Waals surface area (Å²) < 4.78 is 78.0. The van der Waals surface area contributed by atoms with Crippen LogP contribution >= 0.6 is 17.2 Å². The molecule has 0 aliphatic rings. The summed E-state index contributed by atoms with van der Waals surface area (Å²) in [5.41, 5.74) is 0.467. The monoisotopic (exact) mass is 968 g/mol. The lowest BCUT2D eigenvalue weighted by Crippen LogP contribution is -2.11. The Morgan fingerprint density at radius 2 is 0.676 bits per heavy atom. The van der Waals surface area contributed by atoms with Gasteiger partial charge in [-0.2, -0.15) is 0 Å². The van der Waals surface area contributed by atoms with Crippen LogP contribution in [0.1, 0.15) is 64.3 Å². The smallest absolute Gasteiger partial charge is 0.497 e. The summed E-state index contributed by atoms with van der Waals surface area (Å²) in [6.45, 7) is 7.04. The van der Waals surface area contributed by atoms with E-state index in [1.807, 2.05) is 13.8 Å². The number of ether oxygens (including phenoxy) is 7. The normalized spacial score (nSPS) is 10.7. The molecule has 0 atom stereocenters. The summed E-state index contributed by atoms with van der Waals surface area (Å²) in [5, 5.41) is 0. The number of Topliss-reactive ketones (excluding diaryl/α,β-unsaturated/α-hetero) is 2. The maximum atomic E-state index is 15.0. The highest BCUT2D eigenvalue weighted by Crippen LogP contribution is 2.51. The Morgan fingerprint density at radius 3 is 1.06 bits per heavy atom. The highest BCUT2D eigenvalue weighted by Gasteiger charge is 2.31. The first-order chi connectivity index (χ1) is 32.9. The lowest BCUT2D eigenvalue weighted by Gasteiger charge is -2.23. The van der Waals surface area contributed by atoms with Crippen molar-refractivity contribution in [2.45, 2.75) is 27.7 Å². The van der Waals surface area contributed by atoms with Crippen LogP contribution in [0.25, 0.3) is 0 Å². The molecule has 0 radical (unpaired) electrons. The van der Waals surface area contributed by atoms with E-state index in [9.17, 15) is 9.59 Å². The van der Waals surface area contributed by atoms with Crippen LogP contribution in [0, 0.1) is 0 Å². The quantitative estimate of drug-likeness (QED) is 0.0391. The fourth-order valence-electron chi connectivity index (χ4n) is 6.28. The predicted octanol–water partition coefficient (Wildman–Crippen LogP) is 11.7. The molecule has 0 aliphatic heterocycles. The van der Waals surface area contributed by atoms with Crippen LogP contribution in [-0.4, -0.2) is 66.1 Å². The van der Waals surface area contributed by atoms with E-state index >= 15 is 4.79 Å². The number of ketones is 3. The topological polar surface area (TPSA) is 171 Å². The first-order valence-electron chi connectivity index (χ1n) is 20.9. The second kappa shape index (κ2) is 23.9. The maximum Gasteiger partial charge on any atom is 0.530 e. The van der Waals surface area contributed by atoms with Gasteiger partial charge in [-0.15, -0.1) is 0 Å². The molecule has 0 amide bonds. The zero-order valence-corrected chi connectivity index (χ0v) is 40.6. The van der Waals surface area contributed by atoms with Gasteiger partial charge in [0.2, 0.25) is 5.78 Å². The van der Waals surface area contributed by atoms with Crippen LogP contribution in [0.15, 0.2) is 115 Å². The van der Waals surface area contributed by atoms with Gasteiger partial charge in [0.1, 0.15) is 51.7 Å². The Kier molecular flexibility index (Phi) is 17.5. The molecule has 0 N–H and O–H groups in total. The van der Waals surface area contributed by atoms with Gasteiger partial charge in [-0.05, 0) is 100 Å². The molecule has 6 rings (SSSR count). The van der Waals surface area contributed by atoms with Crippen LogP contribution in [0.4, 0.5) is 0 Å². The number of carbonyl (C=O) groups excluding carboxylic acids is 3. The molecule has 0 fully saturated rings. The Balaban J connectivity index is 1.44. The fraction of sp³-hybridized carbons (Fsp3) is 0.220. The van der Waals surface area contributed by atoms with Gasteiger partial charge >= 0.3 is 17.2 Å². The fourth-order valence-corrected chi connectivity index (χ4v) is 8.37. The van der Waals surface area contributed by atoms with Crippen LogP contribution < -0.4 is 60.3 Å². The average molecular weight is 969 g/mol. The first-order valence-corrected chi connectivity index (χ1v) is 23.1. The van der Waals surface area contributed by atoms with E-state index in [1.165, 1.54) is 73.7 Å². The predicted molar refractivity (Wildman–Crippen MR) is 255 cm³/mol. The molecule has 18 heteroatoms. The van der Waals surface area contributed by atoms with Crippen LogP contribution in [-0.2, 0) is 0 Å². The van der Waals surface area contributed by atoms with Crippen molar-refractivity contribution >= 4 is 34.6 Å². The van der Waals surface area contributed by atoms with E-state index in [0.29, 0.717) is 53.5 Å². The molecule has 0 bridgehead atoms. The average Bonchev–Trinajstić information content (AvgIpc) is 3.34. The number of rotatable bonds is 25. The maximum absolute atomic E-state index is 15.0. The van der Waals surface area contributed by atoms with Gasteiger partial charge in [-0.3, -0.25) is 14.4 Å². The molecule has 356 valence electrons. The van der Waals surface area contributed by atoms with Crippen molar-refractivity contribution < 1.29 is 74.7 Å². The molecular formula is C50H50O16P2. The molecule has 16 nitrogen and oxygen atoms in total. The molecule has 0 heterocycles. The van der Waals surface area contributed by atoms with Gasteiger partial charge in [0, 0.05) is 30.3 Å². The number of hydrogen-bond acceptors (Lipinski definition) is 16. The zero-order valence-electron chi connectivity index (χ0n) is 38.8. The van der Waals surface area contributed by atoms with Gasteiger partial charge in [0.05, 0.1) is 71.0 Å². The highest BCUT2D eigenvalue weighted by molar-refractivity contribution is 7.43. The molecule has 6 aromatic rings. The molecule has 0 saturated heterocycles. The molecule has 0 spiro atoms. The van der Waals surface area contributed by atoms with Crippen molar-refractivity contribution in [2.24, 2.45) is 0 Å². The van der Waals surface area contributed by atoms with Crippen molar-refractivity contribution in [3.63, 3.8) is 0 Å². The SMILES string of the molecule is CCOc1ccc(OC)cc1OP(Oc1cc(OC)ccc1OCC)Oc1cc(OC)ccc1C(=O)c1ccccc1OP(Oc1cc(OC)ccc1C(C)=O)Oc1cc(OC)ccc1C(C)=O. The lowest BCUT2D eigenvalue weighted by atomic mass is 10.0. The van der Waals surface area contributed by atoms with Gasteiger partial charge in [-0.25, -0.2) is 0 Å². The van der Waals surface area contributed by atoms with Crippen LogP contribution in [0.5, 0.6) is 74.7 Å². The minimum atomic E-state index is -2.62. The van der Waals surface area contributed by atoms with Gasteiger partial charge in [0.15, 0.2) is 34.6 Å². The number of carbonyl (C=O) groups is 3. The summed E-state index contributed by atoms with van der Waals surface area (Å²) in [6.07, 6.45) is 0. The van der Waals surface area contributed by atoms with Crippen LogP contribution in [0.2, 0.25) is 0 Å². The molecule has 0 aliphatic carbocycles. The Hall–Kier alpha value is -7.41. The van der Waals surface area contributed by atoms with Crippen molar-refractivity contribution in [2.75, 3.05) is 48.8 Å². The van der Waals surface area contributed by atoms with Gasteiger partial charge in [0.25, 0.3) is 0 Å². The Labute approximate surface area is 396 Å². The van der Waals surface area contributed by atoms with Gasteiger partial charge in [-0.1, -0.05) is 12.1 Å². The lowest BCUT2D eigenvalue weighted by molar-refractivity contribution is 0.100. The largest absolute Gasteiger partial charge is 0.530 e. The molecular weight excluding hydrogens is 918 g/mol. The summed E-state index contributed by atoms with van der Waals surface area (Å²) in [5.74, 6) is 2.10. The van der Waals surface area contributed by atoms with E-state index in [0.717, 1.165) is 0 Å². The number of para-hydroxylation sites is 1. The summed E-state index contributed by atoms with van der Waals surface area (Å²) in [7, 11) is 2.27. The van der Waals surface area contributed by atoms with E-state index in [1.54, 1.807) is 91.0 Å². The third-order valence-corrected chi connectivity index (χ3v) is 11.7. The second-order valence-corrected chi connectivity index (χ2v) is 16.0. The minimum absolute atomic E-state index is 0.00305. The Bertz CT molecular complexity index is 2600. The number of benzene rings is 6. The second-order valence-electron chi connectivity index (χ2n) is 14.0. The summed E-state index contributed by atoms with van der Waals surface area (Å²) in [4.78, 5) is 40.7. The third kappa shape index (κ3) is 12.5. The number of hydrogen-bond donors (Lipinski definition) is 0. The van der Waals surface area contributed by atoms with E-state index in [4.69, 9.17) is 60.3 Å². The molecule has 68 heavy (non-hydrogen) atoms. The third-order valence-electron chi connectivity index (χ3n) is 9.64. The zero-order chi connectivity index (χ0) is 48.7. The summed E-state index contributed by atoms with van der Waals surface area (Å²) >= 11 is 0. The van der Waals surface area contributed by atoms with Crippen molar-refractivity contribution in [1.29, 1.82) is 0 Å². The van der Waals surface area contributed by atoms with E-state index in [-0.39, 0.29) is 68.3 Å². The molecule has 0 aromatic heterocycles. The minimum Gasteiger partial charge on any atom is -0.497 e. The highest BCUT2D eigenvalue weighted by atomic mass is 31.2. The number of methoxy groups -OCH3 is 5. The van der Waals surface area contributed by atoms with Gasteiger partial charge < -0.3 is 60.3 Å². The van der Waals surface area contributed by atoms with E-state index in [2.05, 4.69) is 0 Å². The van der Waals surface area contributed by atoms with Crippen molar-refractivity contribution in [1.82, 2.24) is 0 Å². The van der Waals surface area contributed by atoms with E-state index < -0.39 is 23.0 Å². The first kappa shape index (κ1) is 50.0. The molecule has 6 aromatic carbocycles. The standard InChI is InChI=1S/C50H50O16P2/c1-10-59-43-24-19-36(57-8)29-48(43)65-68(66-49-30-37(58-9)20-25-44(49)60-11-2)64-47-28-35(56-7)18-23-41(47)50(53)40-14-12-13-15-42(40)61-67(62-45-26-33(54-5)16-21-38(45)31(3)51)63-46-27-34(55-6)17-22-39(46)32(4)52/h12-30H,10-11H2,1-9H3. The Morgan fingerprint density at radius 1 is 0.368 bits per heavy atom. The van der Waals surface area contributed by atoms with Crippen molar-refractivity contribution in [3.8, 4) is 74.7 Å².